The summed E-state index contributed by atoms with van der Waals surface area (Å²) in [6.07, 6.45) is -3.71. The molecule has 0 saturated carbocycles. The van der Waals surface area contributed by atoms with Crippen molar-refractivity contribution in [3.8, 4) is 0 Å². The zero-order valence-corrected chi connectivity index (χ0v) is 13.6. The number of anilines is 1. The number of nitrogen functional groups attached to an aromatic ring is 1. The van der Waals surface area contributed by atoms with Gasteiger partial charge >= 0.3 is 6.18 Å². The number of likely N-dealkylation sites (tertiary alicyclic amines) is 1. The number of nitrogens with zero attached hydrogens (tertiary/aromatic N) is 1. The summed E-state index contributed by atoms with van der Waals surface area (Å²) >= 11 is 0. The molecule has 0 bridgehead atoms. The molecule has 1 fully saturated rings. The first-order chi connectivity index (χ1) is 10.8. The second-order valence-corrected chi connectivity index (χ2v) is 5.48. The molecule has 3 N–H and O–H groups in total. The van der Waals surface area contributed by atoms with Crippen molar-refractivity contribution >= 4 is 29.9 Å². The maximum absolute atomic E-state index is 12.3. The normalized spacial score (nSPS) is 17.5. The van der Waals surface area contributed by atoms with Gasteiger partial charge in [-0.15, -0.1) is 12.4 Å². The van der Waals surface area contributed by atoms with E-state index in [0.717, 1.165) is 10.5 Å². The van der Waals surface area contributed by atoms with E-state index in [0.29, 0.717) is 12.1 Å². The van der Waals surface area contributed by atoms with Crippen molar-refractivity contribution in [1.29, 1.82) is 0 Å². The number of rotatable bonds is 5. The molecular formula is C15H19ClF3N3O2. The lowest BCUT2D eigenvalue weighted by Crippen LogP contribution is -2.43. The molecule has 1 aliphatic heterocycles. The molecule has 2 rings (SSSR count). The molecule has 1 heterocycles. The van der Waals surface area contributed by atoms with Crippen LogP contribution in [0.5, 0.6) is 0 Å². The molecule has 0 aliphatic carbocycles. The van der Waals surface area contributed by atoms with E-state index in [-0.39, 0.29) is 37.7 Å². The van der Waals surface area contributed by atoms with E-state index in [1.54, 1.807) is 24.3 Å². The van der Waals surface area contributed by atoms with E-state index < -0.39 is 24.7 Å². The zero-order valence-electron chi connectivity index (χ0n) is 12.8. The Morgan fingerprint density at radius 3 is 2.62 bits per heavy atom. The Bertz CT molecular complexity index is 596. The van der Waals surface area contributed by atoms with Gasteiger partial charge < -0.3 is 16.0 Å². The third kappa shape index (κ3) is 5.59. The van der Waals surface area contributed by atoms with Crippen molar-refractivity contribution in [3.05, 3.63) is 29.8 Å². The fourth-order valence-electron chi connectivity index (χ4n) is 2.52. The van der Waals surface area contributed by atoms with Gasteiger partial charge in [-0.1, -0.05) is 18.2 Å². The van der Waals surface area contributed by atoms with Crippen molar-refractivity contribution in [2.24, 2.45) is 0 Å². The van der Waals surface area contributed by atoms with Crippen LogP contribution in [0.3, 0.4) is 0 Å². The zero-order chi connectivity index (χ0) is 17.0. The first-order valence-corrected chi connectivity index (χ1v) is 7.24. The third-order valence-corrected chi connectivity index (χ3v) is 3.68. The highest BCUT2D eigenvalue weighted by Crippen LogP contribution is 2.21. The van der Waals surface area contributed by atoms with Crippen molar-refractivity contribution in [1.82, 2.24) is 10.2 Å². The Kier molecular flexibility index (Phi) is 6.89. The maximum atomic E-state index is 12.3. The fraction of sp³-hybridized carbons (Fsp3) is 0.467. The van der Waals surface area contributed by atoms with E-state index in [9.17, 15) is 22.8 Å². The lowest BCUT2D eigenvalue weighted by Gasteiger charge is -2.18. The molecule has 5 nitrogen and oxygen atoms in total. The number of nitrogens with two attached hydrogens (primary N) is 1. The molecule has 0 aromatic heterocycles. The average Bonchev–Trinajstić information content (AvgIpc) is 2.78. The number of carbonyl (C=O) groups excluding carboxylic acids is 2. The van der Waals surface area contributed by atoms with Crippen LogP contribution in [0, 0.1) is 0 Å². The van der Waals surface area contributed by atoms with Crippen molar-refractivity contribution in [2.45, 2.75) is 31.5 Å². The minimum absolute atomic E-state index is 0. The van der Waals surface area contributed by atoms with Gasteiger partial charge in [0.25, 0.3) is 0 Å². The summed E-state index contributed by atoms with van der Waals surface area (Å²) in [6.45, 7) is -1.28. The highest BCUT2D eigenvalue weighted by molar-refractivity contribution is 5.89. The first-order valence-electron chi connectivity index (χ1n) is 7.24. The van der Waals surface area contributed by atoms with Gasteiger partial charge in [0.05, 0.1) is 0 Å². The highest BCUT2D eigenvalue weighted by Gasteiger charge is 2.39. The number of hydrogen-bond acceptors (Lipinski definition) is 3. The summed E-state index contributed by atoms with van der Waals surface area (Å²) in [5.41, 5.74) is 7.17. The molecule has 0 spiro atoms. The first kappa shape index (κ1) is 20.1. The van der Waals surface area contributed by atoms with Crippen LogP contribution in [0.2, 0.25) is 0 Å². The number of aryl methyl sites for hydroxylation is 1. The van der Waals surface area contributed by atoms with Gasteiger partial charge in [0.15, 0.2) is 0 Å². The van der Waals surface area contributed by atoms with Crippen LogP contribution < -0.4 is 11.1 Å². The molecule has 1 aromatic carbocycles. The fourth-order valence-corrected chi connectivity index (χ4v) is 2.52. The predicted molar refractivity (Wildman–Crippen MR) is 85.6 cm³/mol. The number of alkyl halides is 3. The Hall–Kier alpha value is -1.96. The molecule has 1 atom stereocenters. The molecule has 0 radical (unpaired) electrons. The third-order valence-electron chi connectivity index (χ3n) is 3.68. The molecule has 9 heteroatoms. The lowest BCUT2D eigenvalue weighted by atomic mass is 10.1. The minimum Gasteiger partial charge on any atom is -0.399 e. The number of nitrogens with one attached hydrogen (secondary N) is 1. The van der Waals surface area contributed by atoms with E-state index in [2.05, 4.69) is 5.32 Å². The van der Waals surface area contributed by atoms with Crippen molar-refractivity contribution < 1.29 is 22.8 Å². The largest absolute Gasteiger partial charge is 0.406 e. The number of amides is 2. The van der Waals surface area contributed by atoms with Gasteiger partial charge in [-0.3, -0.25) is 9.59 Å². The number of carbonyl (C=O) groups is 2. The molecule has 2 amide bonds. The Morgan fingerprint density at radius 2 is 2.00 bits per heavy atom. The maximum Gasteiger partial charge on any atom is 0.406 e. The molecular weight excluding hydrogens is 347 g/mol. The molecule has 1 aliphatic rings. The Morgan fingerprint density at radius 1 is 1.33 bits per heavy atom. The number of para-hydroxylation sites is 1. The van der Waals surface area contributed by atoms with E-state index >= 15 is 0 Å². The van der Waals surface area contributed by atoms with Crippen LogP contribution in [0.15, 0.2) is 24.3 Å². The number of benzene rings is 1. The molecule has 134 valence electrons. The second-order valence-electron chi connectivity index (χ2n) is 5.48. The quantitative estimate of drug-likeness (QED) is 0.783. The number of hydrogen-bond donors (Lipinski definition) is 2. The summed E-state index contributed by atoms with van der Waals surface area (Å²) in [5, 5.41) is 2.50. The van der Waals surface area contributed by atoms with Crippen LogP contribution in [0.4, 0.5) is 18.9 Å². The summed E-state index contributed by atoms with van der Waals surface area (Å²) in [6, 6.07) is 6.24. The topological polar surface area (TPSA) is 75.4 Å². The molecule has 24 heavy (non-hydrogen) atoms. The minimum atomic E-state index is -4.43. The Balaban J connectivity index is 0.00000288. The Labute approximate surface area is 143 Å². The predicted octanol–water partition coefficient (Wildman–Crippen LogP) is 1.90. The molecule has 1 aromatic rings. The van der Waals surface area contributed by atoms with Crippen molar-refractivity contribution in [3.63, 3.8) is 0 Å². The van der Waals surface area contributed by atoms with Crippen LogP contribution in [0.25, 0.3) is 0 Å². The van der Waals surface area contributed by atoms with Crippen molar-refractivity contribution in [2.75, 3.05) is 18.8 Å². The number of halogens is 4. The molecule has 1 unspecified atom stereocenters. The van der Waals surface area contributed by atoms with E-state index in [1.165, 1.54) is 0 Å². The van der Waals surface area contributed by atoms with Crippen LogP contribution in [-0.2, 0) is 16.0 Å². The SMILES string of the molecule is Cl.Nc1ccccc1CCC(=O)NC1CCN(CC(F)(F)F)C1=O. The van der Waals surface area contributed by atoms with Crippen LogP contribution in [-0.4, -0.2) is 42.0 Å². The summed E-state index contributed by atoms with van der Waals surface area (Å²) in [5.74, 6) is -1.06. The smallest absolute Gasteiger partial charge is 0.399 e. The monoisotopic (exact) mass is 365 g/mol. The van der Waals surface area contributed by atoms with Crippen LogP contribution in [0.1, 0.15) is 18.4 Å². The van der Waals surface area contributed by atoms with Gasteiger partial charge in [-0.25, -0.2) is 0 Å². The summed E-state index contributed by atoms with van der Waals surface area (Å²) in [7, 11) is 0. The van der Waals surface area contributed by atoms with Crippen LogP contribution >= 0.6 is 12.4 Å². The lowest BCUT2D eigenvalue weighted by molar-refractivity contribution is -0.158. The van der Waals surface area contributed by atoms with Gasteiger partial charge in [0.2, 0.25) is 11.8 Å². The van der Waals surface area contributed by atoms with Gasteiger partial charge in [0, 0.05) is 18.7 Å². The summed E-state index contributed by atoms with van der Waals surface area (Å²) < 4.78 is 37.0. The van der Waals surface area contributed by atoms with Gasteiger partial charge in [0.1, 0.15) is 12.6 Å². The van der Waals surface area contributed by atoms with Gasteiger partial charge in [-0.2, -0.15) is 13.2 Å². The van der Waals surface area contributed by atoms with E-state index in [4.69, 9.17) is 5.73 Å². The molecule has 1 saturated heterocycles. The standard InChI is InChI=1S/C15H18F3N3O2.ClH/c16-15(17,18)9-21-8-7-12(14(21)23)20-13(22)6-5-10-3-1-2-4-11(10)19;/h1-4,12H,5-9,19H2,(H,20,22);1H. The highest BCUT2D eigenvalue weighted by atomic mass is 35.5. The van der Waals surface area contributed by atoms with E-state index in [1.807, 2.05) is 0 Å². The average molecular weight is 366 g/mol. The second kappa shape index (κ2) is 8.23. The summed E-state index contributed by atoms with van der Waals surface area (Å²) in [4.78, 5) is 24.4. The van der Waals surface area contributed by atoms with Gasteiger partial charge in [-0.05, 0) is 24.5 Å².